The molecule has 0 radical (unpaired) electrons. The van der Waals surface area contributed by atoms with E-state index in [-0.39, 0.29) is 0 Å². The first-order chi connectivity index (χ1) is 6.83. The second-order valence-electron chi connectivity index (χ2n) is 4.74. The highest BCUT2D eigenvalue weighted by molar-refractivity contribution is 4.96. The van der Waals surface area contributed by atoms with Crippen LogP contribution in [0.3, 0.4) is 0 Å². The van der Waals surface area contributed by atoms with Crippen molar-refractivity contribution in [1.29, 1.82) is 0 Å². The third kappa shape index (κ3) is 1.95. The topological polar surface area (TPSA) is 41.3 Å². The van der Waals surface area contributed by atoms with Crippen LogP contribution in [-0.2, 0) is 0 Å². The Labute approximate surface area is 87.0 Å². The first kappa shape index (κ1) is 10.4. The smallest absolute Gasteiger partial charge is 0.0600 e. The van der Waals surface area contributed by atoms with Gasteiger partial charge in [-0.05, 0) is 39.3 Å². The second kappa shape index (κ2) is 4.60. The molecule has 0 bridgehead atoms. The molecule has 1 heterocycles. The van der Waals surface area contributed by atoms with Crippen molar-refractivity contribution in [1.82, 2.24) is 10.2 Å². The van der Waals surface area contributed by atoms with Crippen LogP contribution in [0.2, 0.25) is 0 Å². The van der Waals surface area contributed by atoms with Crippen LogP contribution in [0, 0.1) is 0 Å². The van der Waals surface area contributed by atoms with Gasteiger partial charge in [0.2, 0.25) is 0 Å². The molecule has 0 spiro atoms. The molecule has 14 heavy (non-hydrogen) atoms. The fourth-order valence-corrected chi connectivity index (χ4v) is 2.99. The summed E-state index contributed by atoms with van der Waals surface area (Å²) < 4.78 is 0. The van der Waals surface area contributed by atoms with Crippen molar-refractivity contribution < 1.29 is 0 Å². The van der Waals surface area contributed by atoms with Crippen molar-refractivity contribution in [3.63, 3.8) is 0 Å². The van der Waals surface area contributed by atoms with Gasteiger partial charge >= 0.3 is 0 Å². The molecule has 3 heteroatoms. The number of fused-ring (bicyclic) bond motifs is 1. The van der Waals surface area contributed by atoms with E-state index in [0.717, 1.165) is 25.0 Å². The van der Waals surface area contributed by atoms with Crippen LogP contribution in [0.25, 0.3) is 0 Å². The molecular weight excluding hydrogens is 174 g/mol. The Kier molecular flexibility index (Phi) is 3.42. The number of hydrogen-bond acceptors (Lipinski definition) is 3. The molecule has 3 unspecified atom stereocenters. The van der Waals surface area contributed by atoms with Crippen LogP contribution in [0.15, 0.2) is 0 Å². The first-order valence-electron chi connectivity index (χ1n) is 6.01. The quantitative estimate of drug-likeness (QED) is 0.706. The lowest BCUT2D eigenvalue weighted by Crippen LogP contribution is -2.37. The first-order valence-corrected chi connectivity index (χ1v) is 6.01. The highest BCUT2D eigenvalue weighted by Crippen LogP contribution is 2.29. The molecule has 0 aromatic heterocycles. The molecule has 2 aliphatic rings. The number of rotatable bonds is 3. The van der Waals surface area contributed by atoms with E-state index < -0.39 is 0 Å². The molecule has 3 nitrogen and oxygen atoms in total. The van der Waals surface area contributed by atoms with Gasteiger partial charge in [0.05, 0.1) is 6.17 Å². The average Bonchev–Trinajstić information content (AvgIpc) is 2.54. The summed E-state index contributed by atoms with van der Waals surface area (Å²) in [5.74, 6) is 0. The fraction of sp³-hybridized carbons (Fsp3) is 1.00. The SMILES string of the molecule is CN1C(CCCN)NC2CCCCC21. The molecular formula is C11H23N3. The molecule has 0 aromatic rings. The minimum Gasteiger partial charge on any atom is -0.330 e. The minimum absolute atomic E-state index is 0.589. The lowest BCUT2D eigenvalue weighted by molar-refractivity contribution is 0.197. The summed E-state index contributed by atoms with van der Waals surface area (Å²) >= 11 is 0. The molecule has 2 rings (SSSR count). The van der Waals surface area contributed by atoms with Crippen molar-refractivity contribution in [2.75, 3.05) is 13.6 Å². The Bertz CT molecular complexity index is 183. The number of hydrogen-bond donors (Lipinski definition) is 2. The van der Waals surface area contributed by atoms with E-state index in [9.17, 15) is 0 Å². The van der Waals surface area contributed by atoms with Gasteiger partial charge < -0.3 is 5.73 Å². The van der Waals surface area contributed by atoms with Crippen LogP contribution in [0.4, 0.5) is 0 Å². The summed E-state index contributed by atoms with van der Waals surface area (Å²) in [5.41, 5.74) is 5.55. The molecule has 0 amide bonds. The lowest BCUT2D eigenvalue weighted by atomic mass is 9.91. The van der Waals surface area contributed by atoms with Gasteiger partial charge in [0, 0.05) is 12.1 Å². The summed E-state index contributed by atoms with van der Waals surface area (Å²) in [6.07, 6.45) is 8.51. The molecule has 1 aliphatic heterocycles. The Balaban J connectivity index is 1.89. The largest absolute Gasteiger partial charge is 0.330 e. The van der Waals surface area contributed by atoms with Crippen molar-refractivity contribution in [3.05, 3.63) is 0 Å². The third-order valence-corrected chi connectivity index (χ3v) is 3.83. The Morgan fingerprint density at radius 1 is 1.36 bits per heavy atom. The maximum absolute atomic E-state index is 5.55. The van der Waals surface area contributed by atoms with E-state index in [2.05, 4.69) is 17.3 Å². The van der Waals surface area contributed by atoms with Crippen molar-refractivity contribution in [2.24, 2.45) is 5.73 Å². The predicted octanol–water partition coefficient (Wildman–Crippen LogP) is 0.898. The van der Waals surface area contributed by atoms with Crippen LogP contribution in [0.5, 0.6) is 0 Å². The predicted molar refractivity (Wildman–Crippen MR) is 59.0 cm³/mol. The maximum atomic E-state index is 5.55. The van der Waals surface area contributed by atoms with E-state index in [1.54, 1.807) is 0 Å². The Morgan fingerprint density at radius 3 is 2.86 bits per heavy atom. The van der Waals surface area contributed by atoms with Gasteiger partial charge in [0.15, 0.2) is 0 Å². The average molecular weight is 197 g/mol. The summed E-state index contributed by atoms with van der Waals surface area (Å²) in [6, 6.07) is 1.56. The van der Waals surface area contributed by atoms with Gasteiger partial charge in [-0.25, -0.2) is 0 Å². The van der Waals surface area contributed by atoms with E-state index in [0.29, 0.717) is 6.17 Å². The van der Waals surface area contributed by atoms with E-state index in [1.165, 1.54) is 32.1 Å². The van der Waals surface area contributed by atoms with E-state index in [1.807, 2.05) is 0 Å². The van der Waals surface area contributed by atoms with Crippen molar-refractivity contribution in [2.45, 2.75) is 56.8 Å². The molecule has 3 atom stereocenters. The number of nitrogens with two attached hydrogens (primary N) is 1. The van der Waals surface area contributed by atoms with E-state index in [4.69, 9.17) is 5.73 Å². The van der Waals surface area contributed by atoms with Gasteiger partial charge in [-0.2, -0.15) is 0 Å². The van der Waals surface area contributed by atoms with E-state index >= 15 is 0 Å². The highest BCUT2D eigenvalue weighted by Gasteiger charge is 2.38. The Morgan fingerprint density at radius 2 is 2.14 bits per heavy atom. The summed E-state index contributed by atoms with van der Waals surface area (Å²) in [7, 11) is 2.27. The normalized spacial score (nSPS) is 38.6. The molecule has 2 fully saturated rings. The molecule has 3 N–H and O–H groups in total. The van der Waals surface area contributed by atoms with Crippen LogP contribution in [0.1, 0.15) is 38.5 Å². The number of nitrogens with zero attached hydrogens (tertiary/aromatic N) is 1. The third-order valence-electron chi connectivity index (χ3n) is 3.83. The van der Waals surface area contributed by atoms with Gasteiger partial charge in [-0.15, -0.1) is 0 Å². The maximum Gasteiger partial charge on any atom is 0.0600 e. The fourth-order valence-electron chi connectivity index (χ4n) is 2.99. The molecule has 1 saturated carbocycles. The van der Waals surface area contributed by atoms with Crippen molar-refractivity contribution in [3.8, 4) is 0 Å². The van der Waals surface area contributed by atoms with Gasteiger partial charge in [-0.3, -0.25) is 10.2 Å². The van der Waals surface area contributed by atoms with Crippen LogP contribution >= 0.6 is 0 Å². The molecule has 1 aliphatic carbocycles. The zero-order chi connectivity index (χ0) is 9.97. The highest BCUT2D eigenvalue weighted by atomic mass is 15.4. The van der Waals surface area contributed by atoms with Crippen molar-refractivity contribution >= 4 is 0 Å². The van der Waals surface area contributed by atoms with Gasteiger partial charge in [0.1, 0.15) is 0 Å². The number of likely N-dealkylation sites (N-methyl/N-ethyl adjacent to an activating group) is 1. The lowest BCUT2D eigenvalue weighted by Gasteiger charge is -2.29. The minimum atomic E-state index is 0.589. The standard InChI is InChI=1S/C11H23N3/c1-14-10-6-3-2-5-9(10)13-11(14)7-4-8-12/h9-11,13H,2-8,12H2,1H3. The van der Waals surface area contributed by atoms with Gasteiger partial charge in [0.25, 0.3) is 0 Å². The Hall–Kier alpha value is -0.120. The zero-order valence-electron chi connectivity index (χ0n) is 9.21. The summed E-state index contributed by atoms with van der Waals surface area (Å²) in [6.45, 7) is 0.821. The number of nitrogens with one attached hydrogen (secondary N) is 1. The van der Waals surface area contributed by atoms with Crippen LogP contribution < -0.4 is 11.1 Å². The summed E-state index contributed by atoms with van der Waals surface area (Å²) in [5, 5.41) is 3.75. The monoisotopic (exact) mass is 197 g/mol. The van der Waals surface area contributed by atoms with Crippen LogP contribution in [-0.4, -0.2) is 36.7 Å². The molecule has 1 saturated heterocycles. The molecule has 0 aromatic carbocycles. The molecule has 82 valence electrons. The zero-order valence-corrected chi connectivity index (χ0v) is 9.21. The second-order valence-corrected chi connectivity index (χ2v) is 4.74. The summed E-state index contributed by atoms with van der Waals surface area (Å²) in [4.78, 5) is 2.54. The van der Waals surface area contributed by atoms with Gasteiger partial charge in [-0.1, -0.05) is 12.8 Å².